The van der Waals surface area contributed by atoms with Crippen molar-refractivity contribution in [3.05, 3.63) is 0 Å². The lowest BCUT2D eigenvalue weighted by molar-refractivity contribution is 0.0524. The SMILES string of the molecule is C[SiH](CCCOCCC#N)O[Si](C)(C)C1CCCCO1. The highest BCUT2D eigenvalue weighted by Crippen LogP contribution is 2.24. The molecule has 1 saturated heterocycles. The average molecular weight is 316 g/mol. The molecule has 0 radical (unpaired) electrons. The van der Waals surface area contributed by atoms with Gasteiger partial charge in [0.1, 0.15) is 0 Å². The van der Waals surface area contributed by atoms with Crippen molar-refractivity contribution in [2.24, 2.45) is 0 Å². The molecule has 2 atom stereocenters. The van der Waals surface area contributed by atoms with E-state index in [2.05, 4.69) is 25.7 Å². The molecular formula is C14H29NO3Si2. The molecule has 0 aromatic carbocycles. The normalized spacial score (nSPS) is 21.4. The fraction of sp³-hybridized carbons (Fsp3) is 0.929. The number of hydrogen-bond acceptors (Lipinski definition) is 4. The van der Waals surface area contributed by atoms with Crippen molar-refractivity contribution in [1.29, 1.82) is 5.26 Å². The molecule has 6 heteroatoms. The summed E-state index contributed by atoms with van der Waals surface area (Å²) in [7, 11) is -2.81. The number of rotatable bonds is 9. The third-order valence-electron chi connectivity index (χ3n) is 3.72. The van der Waals surface area contributed by atoms with Crippen LogP contribution >= 0.6 is 0 Å². The standard InChI is InChI=1S/C14H29NO3Si2/c1-19(13-7-11-16-10-6-9-15)18-20(2,3)14-8-4-5-12-17-14/h14,19H,4-8,10-13H2,1-3H3. The van der Waals surface area contributed by atoms with Crippen LogP contribution in [0.5, 0.6) is 0 Å². The zero-order chi connectivity index (χ0) is 14.8. The van der Waals surface area contributed by atoms with Gasteiger partial charge in [-0.15, -0.1) is 0 Å². The number of hydrogen-bond donors (Lipinski definition) is 0. The quantitative estimate of drug-likeness (QED) is 0.485. The van der Waals surface area contributed by atoms with E-state index < -0.39 is 17.4 Å². The summed E-state index contributed by atoms with van der Waals surface area (Å²) in [5.74, 6) is 0. The zero-order valence-corrected chi connectivity index (χ0v) is 15.3. The van der Waals surface area contributed by atoms with Gasteiger partial charge in [0, 0.05) is 13.2 Å². The summed E-state index contributed by atoms with van der Waals surface area (Å²) in [6.45, 7) is 9.11. The zero-order valence-electron chi connectivity index (χ0n) is 13.2. The first kappa shape index (κ1) is 17.9. The molecular weight excluding hydrogens is 286 g/mol. The van der Waals surface area contributed by atoms with E-state index >= 15 is 0 Å². The predicted molar refractivity (Wildman–Crippen MR) is 85.6 cm³/mol. The van der Waals surface area contributed by atoms with Crippen molar-refractivity contribution >= 4 is 17.4 Å². The lowest BCUT2D eigenvalue weighted by Gasteiger charge is -2.37. The van der Waals surface area contributed by atoms with Gasteiger partial charge in [-0.05, 0) is 51.4 Å². The lowest BCUT2D eigenvalue weighted by atomic mass is 10.2. The maximum absolute atomic E-state index is 8.41. The largest absolute Gasteiger partial charge is 0.456 e. The molecule has 1 fully saturated rings. The maximum Gasteiger partial charge on any atom is 0.202 e. The first-order valence-electron chi connectivity index (χ1n) is 7.80. The second kappa shape index (κ2) is 9.69. The Kier molecular flexibility index (Phi) is 8.65. The van der Waals surface area contributed by atoms with Gasteiger partial charge in [0.15, 0.2) is 9.04 Å². The van der Waals surface area contributed by atoms with E-state index in [1.807, 2.05) is 0 Å². The van der Waals surface area contributed by atoms with Crippen LogP contribution in [0, 0.1) is 11.3 Å². The van der Waals surface area contributed by atoms with Crippen LogP contribution in [-0.2, 0) is 13.6 Å². The minimum Gasteiger partial charge on any atom is -0.456 e. The summed E-state index contributed by atoms with van der Waals surface area (Å²) in [5, 5.41) is 8.41. The summed E-state index contributed by atoms with van der Waals surface area (Å²) in [6, 6.07) is 3.23. The van der Waals surface area contributed by atoms with Crippen molar-refractivity contribution in [3.63, 3.8) is 0 Å². The van der Waals surface area contributed by atoms with Crippen LogP contribution < -0.4 is 0 Å². The van der Waals surface area contributed by atoms with Crippen LogP contribution in [0.3, 0.4) is 0 Å². The molecule has 1 aliphatic heterocycles. The Bertz CT molecular complexity index is 301. The van der Waals surface area contributed by atoms with Gasteiger partial charge in [-0.2, -0.15) is 5.26 Å². The van der Waals surface area contributed by atoms with Crippen LogP contribution in [0.1, 0.15) is 32.1 Å². The summed E-state index contributed by atoms with van der Waals surface area (Å²) in [5.41, 5.74) is 0.387. The number of ether oxygens (including phenoxy) is 2. The summed E-state index contributed by atoms with van der Waals surface area (Å²) in [4.78, 5) is 0. The van der Waals surface area contributed by atoms with Gasteiger partial charge in [-0.3, -0.25) is 0 Å². The lowest BCUT2D eigenvalue weighted by Crippen LogP contribution is -2.50. The number of nitrogens with zero attached hydrogens (tertiary/aromatic N) is 1. The number of nitriles is 1. The monoisotopic (exact) mass is 315 g/mol. The Morgan fingerprint density at radius 3 is 2.80 bits per heavy atom. The molecule has 2 unspecified atom stereocenters. The van der Waals surface area contributed by atoms with E-state index in [1.165, 1.54) is 19.3 Å². The van der Waals surface area contributed by atoms with Gasteiger partial charge < -0.3 is 13.6 Å². The minimum absolute atomic E-state index is 0.387. The molecule has 1 heterocycles. The molecule has 1 aliphatic rings. The fourth-order valence-corrected chi connectivity index (χ4v) is 10.0. The van der Waals surface area contributed by atoms with E-state index in [-0.39, 0.29) is 0 Å². The topological polar surface area (TPSA) is 51.5 Å². The molecule has 0 amide bonds. The van der Waals surface area contributed by atoms with E-state index in [9.17, 15) is 0 Å². The maximum atomic E-state index is 8.41. The molecule has 0 N–H and O–H groups in total. The van der Waals surface area contributed by atoms with Crippen molar-refractivity contribution in [1.82, 2.24) is 0 Å². The van der Waals surface area contributed by atoms with Crippen LogP contribution in [0.4, 0.5) is 0 Å². The van der Waals surface area contributed by atoms with E-state index in [1.54, 1.807) is 0 Å². The van der Waals surface area contributed by atoms with Gasteiger partial charge in [-0.25, -0.2) is 0 Å². The van der Waals surface area contributed by atoms with Gasteiger partial charge in [0.05, 0.1) is 24.8 Å². The molecule has 0 aliphatic carbocycles. The first-order chi connectivity index (χ1) is 9.56. The Hall–Kier alpha value is -0.196. The van der Waals surface area contributed by atoms with Crippen LogP contribution in [0.2, 0.25) is 25.7 Å². The second-order valence-electron chi connectivity index (χ2n) is 6.05. The van der Waals surface area contributed by atoms with Crippen molar-refractivity contribution in [2.75, 3.05) is 19.8 Å². The Balaban J connectivity index is 2.16. The third kappa shape index (κ3) is 7.00. The highest BCUT2D eigenvalue weighted by molar-refractivity contribution is 6.79. The van der Waals surface area contributed by atoms with Gasteiger partial charge >= 0.3 is 0 Å². The van der Waals surface area contributed by atoms with E-state index in [4.69, 9.17) is 18.9 Å². The summed E-state index contributed by atoms with van der Waals surface area (Å²) >= 11 is 0. The molecule has 0 aromatic heterocycles. The fourth-order valence-electron chi connectivity index (χ4n) is 2.64. The van der Waals surface area contributed by atoms with Gasteiger partial charge in [-0.1, -0.05) is 0 Å². The van der Waals surface area contributed by atoms with Crippen LogP contribution in [0.15, 0.2) is 0 Å². The van der Waals surface area contributed by atoms with Crippen molar-refractivity contribution in [3.8, 4) is 6.07 Å². The predicted octanol–water partition coefficient (Wildman–Crippen LogP) is 2.99. The van der Waals surface area contributed by atoms with Crippen molar-refractivity contribution < 1.29 is 13.6 Å². The van der Waals surface area contributed by atoms with Crippen LogP contribution in [-0.4, -0.2) is 42.9 Å². The van der Waals surface area contributed by atoms with E-state index in [0.717, 1.165) is 25.7 Å². The summed E-state index contributed by atoms with van der Waals surface area (Å²) < 4.78 is 17.8. The molecule has 0 saturated carbocycles. The third-order valence-corrected chi connectivity index (χ3v) is 11.0. The van der Waals surface area contributed by atoms with Crippen LogP contribution in [0.25, 0.3) is 0 Å². The molecule has 1 rings (SSSR count). The van der Waals surface area contributed by atoms with E-state index in [0.29, 0.717) is 18.8 Å². The second-order valence-corrected chi connectivity index (χ2v) is 13.0. The molecule has 116 valence electrons. The smallest absolute Gasteiger partial charge is 0.202 e. The van der Waals surface area contributed by atoms with Crippen molar-refractivity contribution in [2.45, 2.75) is 63.5 Å². The summed E-state index contributed by atoms with van der Waals surface area (Å²) in [6.07, 6.45) is 5.20. The molecule has 4 nitrogen and oxygen atoms in total. The average Bonchev–Trinajstić information content (AvgIpc) is 2.43. The van der Waals surface area contributed by atoms with Gasteiger partial charge in [0.25, 0.3) is 0 Å². The molecule has 0 spiro atoms. The van der Waals surface area contributed by atoms with Gasteiger partial charge in [0.2, 0.25) is 8.32 Å². The molecule has 0 bridgehead atoms. The minimum atomic E-state index is -1.69. The highest BCUT2D eigenvalue weighted by atomic mass is 28.4. The Labute approximate surface area is 126 Å². The Morgan fingerprint density at radius 1 is 1.35 bits per heavy atom. The molecule has 20 heavy (non-hydrogen) atoms. The Morgan fingerprint density at radius 2 is 2.15 bits per heavy atom. The molecule has 0 aromatic rings. The highest BCUT2D eigenvalue weighted by Gasteiger charge is 2.36. The first-order valence-corrected chi connectivity index (χ1v) is 13.2.